The zero-order chi connectivity index (χ0) is 15.8. The van der Waals surface area contributed by atoms with Crippen LogP contribution in [0.5, 0.6) is 0 Å². The van der Waals surface area contributed by atoms with Gasteiger partial charge in [0.1, 0.15) is 5.92 Å². The molecular formula is C16H21ClN2O2. The molecule has 0 aromatic heterocycles. The van der Waals surface area contributed by atoms with Crippen LogP contribution in [-0.4, -0.2) is 23.9 Å². The number of nitrogens with zero attached hydrogens (tertiary/aromatic N) is 1. The summed E-state index contributed by atoms with van der Waals surface area (Å²) < 4.78 is 0. The number of nitrogens with one attached hydrogen (secondary N) is 1. The van der Waals surface area contributed by atoms with E-state index in [1.165, 1.54) is 0 Å². The van der Waals surface area contributed by atoms with Gasteiger partial charge in [-0.2, -0.15) is 0 Å². The van der Waals surface area contributed by atoms with Crippen molar-refractivity contribution in [2.45, 2.75) is 39.7 Å². The topological polar surface area (TPSA) is 49.4 Å². The van der Waals surface area contributed by atoms with Gasteiger partial charge in [0.25, 0.3) is 0 Å². The minimum Gasteiger partial charge on any atom is -0.351 e. The van der Waals surface area contributed by atoms with Crippen LogP contribution in [0.3, 0.4) is 0 Å². The van der Waals surface area contributed by atoms with E-state index in [4.69, 9.17) is 11.6 Å². The molecule has 0 spiro atoms. The Balaban J connectivity index is 2.14. The van der Waals surface area contributed by atoms with Crippen LogP contribution < -0.4 is 10.2 Å². The van der Waals surface area contributed by atoms with Gasteiger partial charge in [0.05, 0.1) is 0 Å². The number of amides is 2. The maximum Gasteiger partial charge on any atom is 0.239 e. The summed E-state index contributed by atoms with van der Waals surface area (Å²) in [7, 11) is 0. The Labute approximate surface area is 130 Å². The molecule has 0 saturated carbocycles. The summed E-state index contributed by atoms with van der Waals surface area (Å²) in [5.74, 6) is -0.964. The Morgan fingerprint density at radius 1 is 1.38 bits per heavy atom. The summed E-state index contributed by atoms with van der Waals surface area (Å²) in [6.07, 6.45) is 0.534. The van der Waals surface area contributed by atoms with Gasteiger partial charge in [-0.05, 0) is 51.8 Å². The van der Waals surface area contributed by atoms with Gasteiger partial charge in [0, 0.05) is 22.8 Å². The Kier molecular flexibility index (Phi) is 4.28. The van der Waals surface area contributed by atoms with Crippen molar-refractivity contribution < 1.29 is 9.59 Å². The summed E-state index contributed by atoms with van der Waals surface area (Å²) >= 11 is 6.11. The standard InChI is InChI=1S/C16H21ClN2O2/c1-10-5-6-11(9-13(10)17)19-8-7-12(15(19)21)14(20)18-16(2,3)4/h5-6,9,12H,7-8H2,1-4H3,(H,18,20). The van der Waals surface area contributed by atoms with Crippen LogP contribution in [0, 0.1) is 12.8 Å². The number of halogens is 1. The van der Waals surface area contributed by atoms with E-state index in [-0.39, 0.29) is 17.4 Å². The number of hydrogen-bond donors (Lipinski definition) is 1. The average Bonchev–Trinajstić information content (AvgIpc) is 2.73. The third kappa shape index (κ3) is 3.56. The highest BCUT2D eigenvalue weighted by molar-refractivity contribution is 6.31. The fraction of sp³-hybridized carbons (Fsp3) is 0.500. The van der Waals surface area contributed by atoms with Crippen molar-refractivity contribution in [1.82, 2.24) is 5.32 Å². The normalized spacial score (nSPS) is 19.0. The molecule has 0 radical (unpaired) electrons. The summed E-state index contributed by atoms with van der Waals surface area (Å²) in [5, 5.41) is 3.50. The minimum absolute atomic E-state index is 0.156. The van der Waals surface area contributed by atoms with Gasteiger partial charge in [0.15, 0.2) is 0 Å². The molecule has 1 saturated heterocycles. The van der Waals surface area contributed by atoms with E-state index in [1.807, 2.05) is 39.8 Å². The van der Waals surface area contributed by atoms with Gasteiger partial charge in [-0.15, -0.1) is 0 Å². The molecule has 1 heterocycles. The predicted octanol–water partition coefficient (Wildman–Crippen LogP) is 2.92. The lowest BCUT2D eigenvalue weighted by atomic mass is 10.0. The highest BCUT2D eigenvalue weighted by Crippen LogP contribution is 2.29. The zero-order valence-electron chi connectivity index (χ0n) is 12.9. The number of hydrogen-bond acceptors (Lipinski definition) is 2. The van der Waals surface area contributed by atoms with Crippen LogP contribution in [0.15, 0.2) is 18.2 Å². The van der Waals surface area contributed by atoms with Crippen LogP contribution in [0.25, 0.3) is 0 Å². The molecule has 0 bridgehead atoms. The van der Waals surface area contributed by atoms with Crippen molar-refractivity contribution in [2.75, 3.05) is 11.4 Å². The lowest BCUT2D eigenvalue weighted by molar-refractivity contribution is -0.133. The van der Waals surface area contributed by atoms with E-state index < -0.39 is 5.92 Å². The number of carbonyl (C=O) groups is 2. The first kappa shape index (κ1) is 15.8. The second-order valence-corrected chi connectivity index (χ2v) is 6.91. The molecule has 1 unspecified atom stereocenters. The largest absolute Gasteiger partial charge is 0.351 e. The number of aryl methyl sites for hydroxylation is 1. The monoisotopic (exact) mass is 308 g/mol. The van der Waals surface area contributed by atoms with Gasteiger partial charge >= 0.3 is 0 Å². The van der Waals surface area contributed by atoms with E-state index in [2.05, 4.69) is 5.32 Å². The molecule has 21 heavy (non-hydrogen) atoms. The number of anilines is 1. The number of rotatable bonds is 2. The first-order valence-corrected chi connectivity index (χ1v) is 7.46. The van der Waals surface area contributed by atoms with E-state index >= 15 is 0 Å². The third-order valence-corrected chi connectivity index (χ3v) is 3.89. The minimum atomic E-state index is -0.607. The SMILES string of the molecule is Cc1ccc(N2CCC(C(=O)NC(C)(C)C)C2=O)cc1Cl. The Hall–Kier alpha value is -1.55. The van der Waals surface area contributed by atoms with Crippen LogP contribution in [0.4, 0.5) is 5.69 Å². The highest BCUT2D eigenvalue weighted by Gasteiger charge is 2.38. The Bertz CT molecular complexity index is 578. The molecular weight excluding hydrogens is 288 g/mol. The van der Waals surface area contributed by atoms with Crippen molar-refractivity contribution in [3.8, 4) is 0 Å². The molecule has 1 N–H and O–H groups in total. The van der Waals surface area contributed by atoms with E-state index in [9.17, 15) is 9.59 Å². The van der Waals surface area contributed by atoms with Gasteiger partial charge < -0.3 is 10.2 Å². The van der Waals surface area contributed by atoms with Crippen LogP contribution in [0.1, 0.15) is 32.8 Å². The van der Waals surface area contributed by atoms with Crippen molar-refractivity contribution in [3.63, 3.8) is 0 Å². The lowest BCUT2D eigenvalue weighted by Gasteiger charge is -2.23. The molecule has 4 nitrogen and oxygen atoms in total. The summed E-state index contributed by atoms with van der Waals surface area (Å²) in [4.78, 5) is 26.3. The Morgan fingerprint density at radius 3 is 2.62 bits per heavy atom. The fourth-order valence-electron chi connectivity index (χ4n) is 2.39. The molecule has 2 rings (SSSR count). The first-order valence-electron chi connectivity index (χ1n) is 7.08. The maximum atomic E-state index is 12.5. The summed E-state index contributed by atoms with van der Waals surface area (Å²) in [5.41, 5.74) is 1.38. The van der Waals surface area contributed by atoms with E-state index in [0.29, 0.717) is 18.0 Å². The predicted molar refractivity (Wildman–Crippen MR) is 84.5 cm³/mol. The Morgan fingerprint density at radius 2 is 2.05 bits per heavy atom. The highest BCUT2D eigenvalue weighted by atomic mass is 35.5. The van der Waals surface area contributed by atoms with Crippen molar-refractivity contribution >= 4 is 29.1 Å². The molecule has 5 heteroatoms. The molecule has 2 amide bonds. The van der Waals surface area contributed by atoms with Gasteiger partial charge in [-0.25, -0.2) is 0 Å². The van der Waals surface area contributed by atoms with Crippen LogP contribution in [0.2, 0.25) is 5.02 Å². The molecule has 114 valence electrons. The van der Waals surface area contributed by atoms with Crippen LogP contribution >= 0.6 is 11.6 Å². The van der Waals surface area contributed by atoms with Gasteiger partial charge in [-0.3, -0.25) is 9.59 Å². The maximum absolute atomic E-state index is 12.5. The van der Waals surface area contributed by atoms with Gasteiger partial charge in [0.2, 0.25) is 11.8 Å². The second-order valence-electron chi connectivity index (χ2n) is 6.50. The molecule has 1 aliphatic rings. The molecule has 1 atom stereocenters. The summed E-state index contributed by atoms with van der Waals surface area (Å²) in [6, 6.07) is 5.52. The zero-order valence-corrected chi connectivity index (χ0v) is 13.6. The number of benzene rings is 1. The van der Waals surface area contributed by atoms with Crippen LogP contribution in [-0.2, 0) is 9.59 Å². The quantitative estimate of drug-likeness (QED) is 0.854. The fourth-order valence-corrected chi connectivity index (χ4v) is 2.56. The van der Waals surface area contributed by atoms with E-state index in [1.54, 1.807) is 11.0 Å². The van der Waals surface area contributed by atoms with Crippen molar-refractivity contribution in [2.24, 2.45) is 5.92 Å². The molecule has 0 aliphatic carbocycles. The number of carbonyl (C=O) groups excluding carboxylic acids is 2. The van der Waals surface area contributed by atoms with E-state index in [0.717, 1.165) is 11.3 Å². The molecule has 1 fully saturated rings. The molecule has 1 aliphatic heterocycles. The third-order valence-electron chi connectivity index (χ3n) is 3.49. The first-order chi connectivity index (χ1) is 9.69. The molecule has 1 aromatic rings. The lowest BCUT2D eigenvalue weighted by Crippen LogP contribution is -2.45. The second kappa shape index (κ2) is 5.68. The summed E-state index contributed by atoms with van der Waals surface area (Å²) in [6.45, 7) is 8.17. The van der Waals surface area contributed by atoms with Crippen molar-refractivity contribution in [1.29, 1.82) is 0 Å². The smallest absolute Gasteiger partial charge is 0.239 e. The van der Waals surface area contributed by atoms with Crippen molar-refractivity contribution in [3.05, 3.63) is 28.8 Å². The average molecular weight is 309 g/mol. The van der Waals surface area contributed by atoms with Gasteiger partial charge in [-0.1, -0.05) is 17.7 Å². The molecule has 1 aromatic carbocycles.